The molecule has 1 unspecified atom stereocenters. The van der Waals surface area contributed by atoms with E-state index in [1.165, 1.54) is 0 Å². The number of nitrogens with one attached hydrogen (secondary N) is 1. The molecule has 1 saturated heterocycles. The van der Waals surface area contributed by atoms with Crippen LogP contribution in [0.3, 0.4) is 0 Å². The van der Waals surface area contributed by atoms with E-state index in [2.05, 4.69) is 42.2 Å². The Bertz CT molecular complexity index is 754. The maximum atomic E-state index is 12.5. The van der Waals surface area contributed by atoms with Crippen molar-refractivity contribution in [2.24, 2.45) is 5.92 Å². The molecular formula is C17H16BrN5O. The van der Waals surface area contributed by atoms with E-state index >= 15 is 0 Å². The van der Waals surface area contributed by atoms with E-state index in [0.717, 1.165) is 29.7 Å². The molecule has 0 aromatic carbocycles. The Hall–Kier alpha value is -2.46. The Kier molecular flexibility index (Phi) is 5.06. The fraction of sp³-hybridized carbons (Fsp3) is 0.294. The number of carbonyl (C=O) groups excluding carboxylic acids is 1. The highest BCUT2D eigenvalue weighted by molar-refractivity contribution is 9.10. The molecule has 2 aromatic heterocycles. The first-order valence-electron chi connectivity index (χ1n) is 7.69. The summed E-state index contributed by atoms with van der Waals surface area (Å²) in [5.41, 5.74) is 0.534. The molecule has 6 nitrogen and oxygen atoms in total. The van der Waals surface area contributed by atoms with Crippen molar-refractivity contribution >= 4 is 33.5 Å². The number of hydrogen-bond donors (Lipinski definition) is 1. The number of amides is 1. The molecule has 7 heteroatoms. The second kappa shape index (κ2) is 7.41. The van der Waals surface area contributed by atoms with Gasteiger partial charge in [0.1, 0.15) is 17.7 Å². The van der Waals surface area contributed by atoms with Crippen LogP contribution in [0.25, 0.3) is 0 Å². The lowest BCUT2D eigenvalue weighted by molar-refractivity contribution is -0.120. The minimum atomic E-state index is -0.110. The van der Waals surface area contributed by atoms with Crippen LogP contribution < -0.4 is 10.2 Å². The summed E-state index contributed by atoms with van der Waals surface area (Å²) in [5, 5.41) is 11.7. The third-order valence-electron chi connectivity index (χ3n) is 3.97. The van der Waals surface area contributed by atoms with E-state index in [1.54, 1.807) is 24.5 Å². The van der Waals surface area contributed by atoms with Gasteiger partial charge in [-0.25, -0.2) is 9.97 Å². The van der Waals surface area contributed by atoms with Gasteiger partial charge in [0, 0.05) is 30.0 Å². The number of rotatable bonds is 3. The van der Waals surface area contributed by atoms with Gasteiger partial charge in [0.25, 0.3) is 0 Å². The lowest BCUT2D eigenvalue weighted by atomic mass is 9.97. The Labute approximate surface area is 148 Å². The maximum absolute atomic E-state index is 12.5. The highest BCUT2D eigenvalue weighted by Gasteiger charge is 2.26. The van der Waals surface area contributed by atoms with Crippen molar-refractivity contribution in [1.29, 1.82) is 5.26 Å². The second-order valence-corrected chi connectivity index (χ2v) is 6.57. The summed E-state index contributed by atoms with van der Waals surface area (Å²) >= 11 is 3.32. The number of pyridine rings is 2. The molecule has 0 spiro atoms. The molecule has 0 radical (unpaired) electrons. The molecule has 0 aliphatic carbocycles. The summed E-state index contributed by atoms with van der Waals surface area (Å²) in [6, 6.07) is 9.25. The predicted octanol–water partition coefficient (Wildman–Crippen LogP) is 2.97. The van der Waals surface area contributed by atoms with Crippen LogP contribution >= 0.6 is 15.9 Å². The lowest BCUT2D eigenvalue weighted by Crippen LogP contribution is -2.41. The van der Waals surface area contributed by atoms with Gasteiger partial charge in [0.15, 0.2) is 0 Å². The van der Waals surface area contributed by atoms with Gasteiger partial charge in [-0.2, -0.15) is 5.26 Å². The van der Waals surface area contributed by atoms with E-state index in [0.29, 0.717) is 17.9 Å². The highest BCUT2D eigenvalue weighted by Crippen LogP contribution is 2.23. The van der Waals surface area contributed by atoms with Crippen LogP contribution in [0, 0.1) is 17.2 Å². The molecule has 2 aromatic rings. The average molecular weight is 386 g/mol. The summed E-state index contributed by atoms with van der Waals surface area (Å²) < 4.78 is 0.872. The van der Waals surface area contributed by atoms with Crippen molar-refractivity contribution in [3.63, 3.8) is 0 Å². The molecule has 1 N–H and O–H groups in total. The zero-order valence-electron chi connectivity index (χ0n) is 12.9. The quantitative estimate of drug-likeness (QED) is 0.877. The molecule has 122 valence electrons. The Morgan fingerprint density at radius 1 is 1.29 bits per heavy atom. The van der Waals surface area contributed by atoms with Crippen LogP contribution in [-0.2, 0) is 4.79 Å². The van der Waals surface area contributed by atoms with Gasteiger partial charge < -0.3 is 10.2 Å². The molecule has 24 heavy (non-hydrogen) atoms. The maximum Gasteiger partial charge on any atom is 0.230 e. The van der Waals surface area contributed by atoms with Crippen LogP contribution in [0.1, 0.15) is 18.4 Å². The summed E-state index contributed by atoms with van der Waals surface area (Å²) in [6.07, 6.45) is 4.98. The SMILES string of the molecule is N#Cc1ccc(N2CCCC(C(=O)Nc3ccc(Br)cn3)C2)nc1. The van der Waals surface area contributed by atoms with E-state index < -0.39 is 0 Å². The van der Waals surface area contributed by atoms with Gasteiger partial charge in [-0.15, -0.1) is 0 Å². The number of halogens is 1. The fourth-order valence-electron chi connectivity index (χ4n) is 2.72. The van der Waals surface area contributed by atoms with Crippen LogP contribution in [0.4, 0.5) is 11.6 Å². The average Bonchev–Trinajstić information content (AvgIpc) is 2.64. The normalized spacial score (nSPS) is 17.2. The molecule has 0 saturated carbocycles. The van der Waals surface area contributed by atoms with E-state index in [-0.39, 0.29) is 11.8 Å². The molecule has 1 fully saturated rings. The summed E-state index contributed by atoms with van der Waals surface area (Å²) in [7, 11) is 0. The smallest absolute Gasteiger partial charge is 0.230 e. The zero-order chi connectivity index (χ0) is 16.9. The highest BCUT2D eigenvalue weighted by atomic mass is 79.9. The van der Waals surface area contributed by atoms with Crippen molar-refractivity contribution in [3.8, 4) is 6.07 Å². The van der Waals surface area contributed by atoms with Crippen LogP contribution in [0.15, 0.2) is 41.1 Å². The number of piperidine rings is 1. The van der Waals surface area contributed by atoms with Crippen LogP contribution in [-0.4, -0.2) is 29.0 Å². The third kappa shape index (κ3) is 3.89. The van der Waals surface area contributed by atoms with Crippen molar-refractivity contribution < 1.29 is 4.79 Å². The summed E-state index contributed by atoms with van der Waals surface area (Å²) in [4.78, 5) is 23.1. The molecule has 3 heterocycles. The largest absolute Gasteiger partial charge is 0.356 e. The Balaban J connectivity index is 1.65. The van der Waals surface area contributed by atoms with E-state index in [4.69, 9.17) is 5.26 Å². The van der Waals surface area contributed by atoms with Gasteiger partial charge in [0.05, 0.1) is 11.5 Å². The molecular weight excluding hydrogens is 370 g/mol. The number of hydrogen-bond acceptors (Lipinski definition) is 5. The Morgan fingerprint density at radius 3 is 2.83 bits per heavy atom. The van der Waals surface area contributed by atoms with Gasteiger partial charge in [-0.1, -0.05) is 0 Å². The lowest BCUT2D eigenvalue weighted by Gasteiger charge is -2.32. The minimum Gasteiger partial charge on any atom is -0.356 e. The van der Waals surface area contributed by atoms with Crippen molar-refractivity contribution in [2.45, 2.75) is 12.8 Å². The standard InChI is InChI=1S/C17H16BrN5O/c18-14-4-5-15(20-10-14)22-17(24)13-2-1-7-23(11-13)16-6-3-12(8-19)9-21-16/h3-6,9-10,13H,1-2,7,11H2,(H,20,22,24). The molecule has 1 aliphatic heterocycles. The number of nitriles is 1. The number of anilines is 2. The van der Waals surface area contributed by atoms with Gasteiger partial charge in [0.2, 0.25) is 5.91 Å². The van der Waals surface area contributed by atoms with Gasteiger partial charge in [-0.05, 0) is 53.0 Å². The van der Waals surface area contributed by atoms with Crippen molar-refractivity contribution in [2.75, 3.05) is 23.3 Å². The first-order valence-corrected chi connectivity index (χ1v) is 8.48. The van der Waals surface area contributed by atoms with Crippen molar-refractivity contribution in [3.05, 3.63) is 46.7 Å². The topological polar surface area (TPSA) is 81.9 Å². The fourth-order valence-corrected chi connectivity index (χ4v) is 2.95. The minimum absolute atomic E-state index is 0.0248. The van der Waals surface area contributed by atoms with Gasteiger partial charge >= 0.3 is 0 Å². The van der Waals surface area contributed by atoms with E-state index in [9.17, 15) is 4.79 Å². The molecule has 0 bridgehead atoms. The van der Waals surface area contributed by atoms with Crippen LogP contribution in [0.2, 0.25) is 0 Å². The number of carbonyl (C=O) groups is 1. The van der Waals surface area contributed by atoms with Crippen LogP contribution in [0.5, 0.6) is 0 Å². The Morgan fingerprint density at radius 2 is 2.17 bits per heavy atom. The monoisotopic (exact) mass is 385 g/mol. The number of aromatic nitrogens is 2. The molecule has 1 amide bonds. The van der Waals surface area contributed by atoms with Gasteiger partial charge in [-0.3, -0.25) is 4.79 Å². The molecule has 1 aliphatic rings. The molecule has 3 rings (SSSR count). The first kappa shape index (κ1) is 16.4. The zero-order valence-corrected chi connectivity index (χ0v) is 14.5. The first-order chi connectivity index (χ1) is 11.7. The third-order valence-corrected chi connectivity index (χ3v) is 4.44. The summed E-state index contributed by atoms with van der Waals surface area (Å²) in [5.74, 6) is 1.22. The molecule has 1 atom stereocenters. The summed E-state index contributed by atoms with van der Waals surface area (Å²) in [6.45, 7) is 1.47. The number of nitrogens with zero attached hydrogens (tertiary/aromatic N) is 4. The van der Waals surface area contributed by atoms with Crippen molar-refractivity contribution in [1.82, 2.24) is 9.97 Å². The predicted molar refractivity (Wildman–Crippen MR) is 94.5 cm³/mol. The van der Waals surface area contributed by atoms with E-state index in [1.807, 2.05) is 12.1 Å². The second-order valence-electron chi connectivity index (χ2n) is 5.65.